The van der Waals surface area contributed by atoms with E-state index >= 15 is 0 Å². The molecular formula is C26H32FNO. The van der Waals surface area contributed by atoms with Crippen LogP contribution in [-0.2, 0) is 6.42 Å². The summed E-state index contributed by atoms with van der Waals surface area (Å²) in [6, 6.07) is 11.3. The molecule has 0 bridgehead atoms. The second kappa shape index (κ2) is 9.92. The lowest BCUT2D eigenvalue weighted by molar-refractivity contribution is 0.204. The van der Waals surface area contributed by atoms with E-state index in [2.05, 4.69) is 32.9 Å². The molecule has 1 aliphatic carbocycles. The van der Waals surface area contributed by atoms with Gasteiger partial charge in [0.2, 0.25) is 0 Å². The van der Waals surface area contributed by atoms with Gasteiger partial charge < -0.3 is 4.74 Å². The highest BCUT2D eigenvalue weighted by atomic mass is 19.1. The monoisotopic (exact) mass is 393 g/mol. The summed E-state index contributed by atoms with van der Waals surface area (Å²) in [6.45, 7) is 7.15. The number of nitrogens with zero attached hydrogens (tertiary/aromatic N) is 1. The second-order valence-corrected chi connectivity index (χ2v) is 8.73. The average molecular weight is 394 g/mol. The first kappa shape index (κ1) is 21.4. The molecule has 1 fully saturated rings. The van der Waals surface area contributed by atoms with E-state index < -0.39 is 5.82 Å². The van der Waals surface area contributed by atoms with Gasteiger partial charge in [-0.1, -0.05) is 43.0 Å². The van der Waals surface area contributed by atoms with Crippen molar-refractivity contribution in [2.24, 2.45) is 11.8 Å². The van der Waals surface area contributed by atoms with Gasteiger partial charge in [-0.2, -0.15) is 5.26 Å². The SMILES string of the molecule is Cc1cc(C)c(OCCC2CCCC(CCc3ccc(C#N)c(F)c3)C2)c(C)c1. The van der Waals surface area contributed by atoms with Gasteiger partial charge in [-0.25, -0.2) is 4.39 Å². The van der Waals surface area contributed by atoms with Crippen molar-refractivity contribution in [1.82, 2.24) is 0 Å². The van der Waals surface area contributed by atoms with Crippen LogP contribution in [0.15, 0.2) is 30.3 Å². The second-order valence-electron chi connectivity index (χ2n) is 8.73. The Balaban J connectivity index is 1.46. The van der Waals surface area contributed by atoms with Crippen LogP contribution >= 0.6 is 0 Å². The van der Waals surface area contributed by atoms with E-state index in [-0.39, 0.29) is 5.56 Å². The predicted octanol–water partition coefficient (Wildman–Crippen LogP) is 6.83. The van der Waals surface area contributed by atoms with Crippen molar-refractivity contribution in [2.75, 3.05) is 6.61 Å². The van der Waals surface area contributed by atoms with Crippen molar-refractivity contribution in [3.63, 3.8) is 0 Å². The number of rotatable bonds is 7. The lowest BCUT2D eigenvalue weighted by atomic mass is 9.77. The summed E-state index contributed by atoms with van der Waals surface area (Å²) in [5.41, 5.74) is 4.85. The molecule has 2 atom stereocenters. The summed E-state index contributed by atoms with van der Waals surface area (Å²) < 4.78 is 20.0. The molecule has 0 amide bonds. The third kappa shape index (κ3) is 5.82. The van der Waals surface area contributed by atoms with Crippen LogP contribution in [0.1, 0.15) is 66.3 Å². The van der Waals surface area contributed by atoms with E-state index in [0.29, 0.717) is 5.92 Å². The molecule has 2 aromatic carbocycles. The number of ether oxygens (including phenoxy) is 1. The third-order valence-electron chi connectivity index (χ3n) is 6.26. The third-order valence-corrected chi connectivity index (χ3v) is 6.26. The number of nitriles is 1. The van der Waals surface area contributed by atoms with Crippen LogP contribution in [-0.4, -0.2) is 6.61 Å². The molecule has 3 rings (SSSR count). The highest BCUT2D eigenvalue weighted by Crippen LogP contribution is 2.34. The van der Waals surface area contributed by atoms with Gasteiger partial charge in [0.1, 0.15) is 17.6 Å². The maximum atomic E-state index is 13.8. The van der Waals surface area contributed by atoms with E-state index in [4.69, 9.17) is 10.00 Å². The minimum atomic E-state index is -0.398. The van der Waals surface area contributed by atoms with Crippen molar-refractivity contribution < 1.29 is 9.13 Å². The van der Waals surface area contributed by atoms with Crippen LogP contribution in [0.4, 0.5) is 4.39 Å². The van der Waals surface area contributed by atoms with Gasteiger partial charge in [-0.3, -0.25) is 0 Å². The Hall–Kier alpha value is -2.34. The predicted molar refractivity (Wildman–Crippen MR) is 116 cm³/mol. The van der Waals surface area contributed by atoms with Gasteiger partial charge in [0, 0.05) is 0 Å². The van der Waals surface area contributed by atoms with Gasteiger partial charge >= 0.3 is 0 Å². The Morgan fingerprint density at radius 3 is 2.38 bits per heavy atom. The minimum absolute atomic E-state index is 0.130. The summed E-state index contributed by atoms with van der Waals surface area (Å²) in [4.78, 5) is 0. The fraction of sp³-hybridized carbons (Fsp3) is 0.500. The van der Waals surface area contributed by atoms with E-state index in [1.165, 1.54) is 48.4 Å². The average Bonchev–Trinajstić information content (AvgIpc) is 2.69. The lowest BCUT2D eigenvalue weighted by Crippen LogP contribution is -2.18. The smallest absolute Gasteiger partial charge is 0.141 e. The molecule has 0 radical (unpaired) electrons. The van der Waals surface area contributed by atoms with Crippen LogP contribution in [0.2, 0.25) is 0 Å². The summed E-state index contributed by atoms with van der Waals surface area (Å²) in [7, 11) is 0. The van der Waals surface area contributed by atoms with Gasteiger partial charge in [-0.15, -0.1) is 0 Å². The number of hydrogen-bond acceptors (Lipinski definition) is 2. The van der Waals surface area contributed by atoms with E-state index in [1.807, 2.05) is 12.1 Å². The minimum Gasteiger partial charge on any atom is -0.493 e. The molecule has 29 heavy (non-hydrogen) atoms. The molecule has 0 heterocycles. The molecule has 0 aliphatic heterocycles. The van der Waals surface area contributed by atoms with E-state index in [0.717, 1.165) is 43.1 Å². The van der Waals surface area contributed by atoms with Crippen molar-refractivity contribution in [3.8, 4) is 11.8 Å². The van der Waals surface area contributed by atoms with E-state index in [1.54, 1.807) is 6.07 Å². The quantitative estimate of drug-likeness (QED) is 0.516. The number of hydrogen-bond donors (Lipinski definition) is 0. The van der Waals surface area contributed by atoms with Gasteiger partial charge in [0.15, 0.2) is 0 Å². The van der Waals surface area contributed by atoms with Crippen molar-refractivity contribution >= 4 is 0 Å². The van der Waals surface area contributed by atoms with Crippen LogP contribution < -0.4 is 4.74 Å². The van der Waals surface area contributed by atoms with Crippen LogP contribution in [0.5, 0.6) is 5.75 Å². The highest BCUT2D eigenvalue weighted by molar-refractivity contribution is 5.42. The van der Waals surface area contributed by atoms with Crippen molar-refractivity contribution in [3.05, 3.63) is 64.0 Å². The maximum absolute atomic E-state index is 13.8. The molecule has 2 nitrogen and oxygen atoms in total. The van der Waals surface area contributed by atoms with Crippen LogP contribution in [0, 0.1) is 49.8 Å². The molecule has 2 unspecified atom stereocenters. The zero-order chi connectivity index (χ0) is 20.8. The molecular weight excluding hydrogens is 361 g/mol. The number of halogens is 1. The lowest BCUT2D eigenvalue weighted by Gasteiger charge is -2.29. The van der Waals surface area contributed by atoms with Crippen molar-refractivity contribution in [2.45, 2.75) is 65.7 Å². The zero-order valence-corrected chi connectivity index (χ0v) is 17.9. The zero-order valence-electron chi connectivity index (χ0n) is 17.9. The summed E-state index contributed by atoms with van der Waals surface area (Å²) in [5, 5.41) is 8.86. The normalized spacial score (nSPS) is 19.0. The molecule has 0 aromatic heterocycles. The number of benzene rings is 2. The Morgan fingerprint density at radius 1 is 1.03 bits per heavy atom. The first-order valence-electron chi connectivity index (χ1n) is 10.9. The van der Waals surface area contributed by atoms with Crippen molar-refractivity contribution in [1.29, 1.82) is 5.26 Å². The Morgan fingerprint density at radius 2 is 1.72 bits per heavy atom. The summed E-state index contributed by atoms with van der Waals surface area (Å²) in [6.07, 6.45) is 8.17. The fourth-order valence-electron chi connectivity index (χ4n) is 4.82. The Bertz CT molecular complexity index is 860. The first-order valence-corrected chi connectivity index (χ1v) is 10.9. The van der Waals surface area contributed by atoms with Gasteiger partial charge in [0.25, 0.3) is 0 Å². The van der Waals surface area contributed by atoms with Gasteiger partial charge in [0.05, 0.1) is 12.2 Å². The molecule has 2 aromatic rings. The maximum Gasteiger partial charge on any atom is 0.141 e. The molecule has 0 spiro atoms. The largest absolute Gasteiger partial charge is 0.493 e. The molecule has 3 heteroatoms. The molecule has 1 saturated carbocycles. The number of aryl methyl sites for hydroxylation is 4. The fourth-order valence-corrected chi connectivity index (χ4v) is 4.82. The molecule has 1 aliphatic rings. The first-order chi connectivity index (χ1) is 14.0. The van der Waals surface area contributed by atoms with Gasteiger partial charge in [-0.05, 0) is 87.1 Å². The highest BCUT2D eigenvalue weighted by Gasteiger charge is 2.22. The molecule has 0 N–H and O–H groups in total. The Kier molecular flexibility index (Phi) is 7.31. The van der Waals surface area contributed by atoms with Crippen LogP contribution in [0.25, 0.3) is 0 Å². The Labute approximate surface area is 174 Å². The standard InChI is InChI=1S/C26H32FNO/c1-18-13-19(2)26(20(3)14-18)29-12-11-22-6-4-5-21(15-22)7-8-23-9-10-24(17-28)25(27)16-23/h9-10,13-14,16,21-22H,4-8,11-12,15H2,1-3H3. The van der Waals surface area contributed by atoms with E-state index in [9.17, 15) is 4.39 Å². The summed E-state index contributed by atoms with van der Waals surface area (Å²) in [5.74, 6) is 2.07. The molecule has 0 saturated heterocycles. The molecule has 154 valence electrons. The topological polar surface area (TPSA) is 33.0 Å². The van der Waals surface area contributed by atoms with Crippen LogP contribution in [0.3, 0.4) is 0 Å². The summed E-state index contributed by atoms with van der Waals surface area (Å²) >= 11 is 0.